The molecule has 2 heterocycles. The lowest BCUT2D eigenvalue weighted by Gasteiger charge is -2.32. The Morgan fingerprint density at radius 1 is 1.23 bits per heavy atom. The number of amides is 2. The Morgan fingerprint density at radius 2 is 1.93 bits per heavy atom. The zero-order valence-corrected chi connectivity index (χ0v) is 18.0. The molecule has 1 aliphatic rings. The number of hydrogen-bond acceptors (Lipinski definition) is 5. The molecule has 0 bridgehead atoms. The van der Waals surface area contributed by atoms with E-state index in [4.69, 9.17) is 4.74 Å². The van der Waals surface area contributed by atoms with Gasteiger partial charge in [0.25, 0.3) is 0 Å². The van der Waals surface area contributed by atoms with E-state index in [1.165, 1.54) is 17.4 Å². The van der Waals surface area contributed by atoms with Crippen LogP contribution in [-0.2, 0) is 16.0 Å². The first-order chi connectivity index (χ1) is 14.1. The van der Waals surface area contributed by atoms with Crippen molar-refractivity contribution >= 4 is 28.5 Å². The number of likely N-dealkylation sites (tertiary alicyclic amines) is 1. The molecule has 0 atom stereocenters. The van der Waals surface area contributed by atoms with Crippen LogP contribution in [0.3, 0.4) is 0 Å². The smallest absolute Gasteiger partial charge is 0.410 e. The minimum atomic E-state index is -0.886. The summed E-state index contributed by atoms with van der Waals surface area (Å²) >= 11 is 1.30. The van der Waals surface area contributed by atoms with Crippen molar-refractivity contribution in [3.05, 3.63) is 46.5 Å². The number of nitrogens with zero attached hydrogens (tertiary/aromatic N) is 2. The summed E-state index contributed by atoms with van der Waals surface area (Å²) in [5, 5.41) is 3.29. The van der Waals surface area contributed by atoms with E-state index in [1.807, 2.05) is 20.8 Å². The van der Waals surface area contributed by atoms with Gasteiger partial charge in [0.2, 0.25) is 5.91 Å². The Balaban J connectivity index is 1.50. The number of benzene rings is 1. The third kappa shape index (κ3) is 5.98. The lowest BCUT2D eigenvalue weighted by Crippen LogP contribution is -2.43. The van der Waals surface area contributed by atoms with Crippen molar-refractivity contribution in [2.75, 3.05) is 18.4 Å². The van der Waals surface area contributed by atoms with Crippen LogP contribution in [0.5, 0.6) is 0 Å². The highest BCUT2D eigenvalue weighted by atomic mass is 32.1. The first-order valence-corrected chi connectivity index (χ1v) is 10.6. The van der Waals surface area contributed by atoms with E-state index in [9.17, 15) is 18.4 Å². The molecule has 30 heavy (non-hydrogen) atoms. The van der Waals surface area contributed by atoms with E-state index >= 15 is 0 Å². The number of carbonyl (C=O) groups is 2. The van der Waals surface area contributed by atoms with Gasteiger partial charge in [-0.2, -0.15) is 0 Å². The van der Waals surface area contributed by atoms with Crippen molar-refractivity contribution in [2.45, 2.75) is 45.6 Å². The number of thiazole rings is 1. The molecule has 3 rings (SSSR count). The van der Waals surface area contributed by atoms with Gasteiger partial charge in [0.15, 0.2) is 16.8 Å². The van der Waals surface area contributed by atoms with Crippen molar-refractivity contribution in [3.63, 3.8) is 0 Å². The molecule has 0 aliphatic carbocycles. The Morgan fingerprint density at radius 3 is 2.57 bits per heavy atom. The number of rotatable bonds is 4. The molecule has 0 saturated carbocycles. The molecule has 1 aliphatic heterocycles. The van der Waals surface area contributed by atoms with E-state index in [-0.39, 0.29) is 17.9 Å². The van der Waals surface area contributed by atoms with Gasteiger partial charge in [0, 0.05) is 36.5 Å². The van der Waals surface area contributed by atoms with Gasteiger partial charge in [-0.15, -0.1) is 11.3 Å². The highest BCUT2D eigenvalue weighted by Gasteiger charge is 2.30. The molecule has 0 unspecified atom stereocenters. The van der Waals surface area contributed by atoms with Gasteiger partial charge in [-0.25, -0.2) is 18.6 Å². The van der Waals surface area contributed by atoms with Gasteiger partial charge in [-0.05, 0) is 51.3 Å². The predicted octanol–water partition coefficient (Wildman–Crippen LogP) is 4.60. The molecule has 1 aromatic carbocycles. The van der Waals surface area contributed by atoms with E-state index in [0.29, 0.717) is 43.0 Å². The topological polar surface area (TPSA) is 71.5 Å². The average molecular weight is 438 g/mol. The lowest BCUT2D eigenvalue weighted by atomic mass is 9.96. The molecular formula is C21H25F2N3O3S. The molecule has 0 radical (unpaired) electrons. The second-order valence-electron chi connectivity index (χ2n) is 8.29. The third-order valence-electron chi connectivity index (χ3n) is 4.66. The third-order valence-corrected chi connectivity index (χ3v) is 5.58. The number of piperidine rings is 1. The molecule has 2 amide bonds. The molecule has 2 aromatic rings. The summed E-state index contributed by atoms with van der Waals surface area (Å²) < 4.78 is 31.8. The fourth-order valence-electron chi connectivity index (χ4n) is 3.16. The predicted molar refractivity (Wildman–Crippen MR) is 110 cm³/mol. The monoisotopic (exact) mass is 437 g/mol. The average Bonchev–Trinajstić information content (AvgIpc) is 3.10. The van der Waals surface area contributed by atoms with E-state index in [2.05, 4.69) is 10.3 Å². The maximum Gasteiger partial charge on any atom is 0.410 e. The van der Waals surface area contributed by atoms with Crippen LogP contribution in [0.4, 0.5) is 18.7 Å². The van der Waals surface area contributed by atoms with Crippen molar-refractivity contribution < 1.29 is 23.1 Å². The molecule has 0 spiro atoms. The fourth-order valence-corrected chi connectivity index (χ4v) is 4.01. The van der Waals surface area contributed by atoms with Crippen LogP contribution in [0.25, 0.3) is 0 Å². The highest BCUT2D eigenvalue weighted by molar-refractivity contribution is 7.15. The largest absolute Gasteiger partial charge is 0.444 e. The number of aromatic nitrogens is 1. The van der Waals surface area contributed by atoms with Gasteiger partial charge in [0.1, 0.15) is 5.60 Å². The molecule has 162 valence electrons. The molecule has 1 aromatic heterocycles. The van der Waals surface area contributed by atoms with Crippen molar-refractivity contribution in [1.29, 1.82) is 0 Å². The summed E-state index contributed by atoms with van der Waals surface area (Å²) in [5.74, 6) is -2.10. The molecule has 1 saturated heterocycles. The summed E-state index contributed by atoms with van der Waals surface area (Å²) in [6.45, 7) is 6.39. The first kappa shape index (κ1) is 22.1. The SMILES string of the molecule is CC(C)(C)OC(=O)N1CCC(C(=O)Nc2ncc(Cc3ccc(F)c(F)c3)s2)CC1. The molecule has 1 N–H and O–H groups in total. The van der Waals surface area contributed by atoms with E-state index in [0.717, 1.165) is 17.0 Å². The zero-order valence-electron chi connectivity index (χ0n) is 17.2. The summed E-state index contributed by atoms with van der Waals surface area (Å²) in [6, 6.07) is 3.78. The minimum absolute atomic E-state index is 0.132. The standard InChI is InChI=1S/C21H25F2N3O3S/c1-21(2,3)29-20(28)26-8-6-14(7-9-26)18(27)25-19-24-12-15(30-19)10-13-4-5-16(22)17(23)11-13/h4-5,11-12,14H,6-10H2,1-3H3,(H,24,25,27). The maximum absolute atomic E-state index is 13.3. The Bertz CT molecular complexity index is 918. The second-order valence-corrected chi connectivity index (χ2v) is 9.40. The van der Waals surface area contributed by atoms with Crippen molar-refractivity contribution in [1.82, 2.24) is 9.88 Å². The fraction of sp³-hybridized carbons (Fsp3) is 0.476. The summed E-state index contributed by atoms with van der Waals surface area (Å²) in [5.41, 5.74) is 0.0815. The number of carbonyl (C=O) groups excluding carboxylic acids is 2. The number of ether oxygens (including phenoxy) is 1. The molecule has 9 heteroatoms. The Kier molecular flexibility index (Phi) is 6.70. The van der Waals surface area contributed by atoms with Crippen LogP contribution in [0, 0.1) is 17.6 Å². The first-order valence-electron chi connectivity index (χ1n) is 9.78. The number of nitrogens with one attached hydrogen (secondary N) is 1. The normalized spacial score (nSPS) is 15.2. The zero-order chi connectivity index (χ0) is 21.9. The van der Waals surface area contributed by atoms with Gasteiger partial charge in [0.05, 0.1) is 0 Å². The highest BCUT2D eigenvalue weighted by Crippen LogP contribution is 2.25. The van der Waals surface area contributed by atoms with Gasteiger partial charge < -0.3 is 15.0 Å². The second kappa shape index (κ2) is 9.07. The number of hydrogen-bond donors (Lipinski definition) is 1. The van der Waals surface area contributed by atoms with Gasteiger partial charge in [-0.3, -0.25) is 4.79 Å². The van der Waals surface area contributed by atoms with Gasteiger partial charge >= 0.3 is 6.09 Å². The minimum Gasteiger partial charge on any atom is -0.444 e. The summed E-state index contributed by atoms with van der Waals surface area (Å²) in [4.78, 5) is 31.3. The summed E-state index contributed by atoms with van der Waals surface area (Å²) in [6.07, 6.45) is 2.77. The maximum atomic E-state index is 13.3. The molecular weight excluding hydrogens is 412 g/mol. The van der Waals surface area contributed by atoms with Gasteiger partial charge in [-0.1, -0.05) is 6.07 Å². The Labute approximate surface area is 178 Å². The summed E-state index contributed by atoms with van der Waals surface area (Å²) in [7, 11) is 0. The number of halogens is 2. The van der Waals surface area contributed by atoms with E-state index < -0.39 is 17.2 Å². The van der Waals surface area contributed by atoms with Crippen molar-refractivity contribution in [3.8, 4) is 0 Å². The van der Waals surface area contributed by atoms with Crippen LogP contribution in [0.15, 0.2) is 24.4 Å². The number of anilines is 1. The van der Waals surface area contributed by atoms with Crippen LogP contribution < -0.4 is 5.32 Å². The molecule has 1 fully saturated rings. The van der Waals surface area contributed by atoms with Crippen molar-refractivity contribution in [2.24, 2.45) is 5.92 Å². The van der Waals surface area contributed by atoms with Crippen LogP contribution in [0.2, 0.25) is 0 Å². The van der Waals surface area contributed by atoms with E-state index in [1.54, 1.807) is 11.1 Å². The van der Waals surface area contributed by atoms with Crippen LogP contribution >= 0.6 is 11.3 Å². The Hall–Kier alpha value is -2.55. The lowest BCUT2D eigenvalue weighted by molar-refractivity contribution is -0.121. The van der Waals surface area contributed by atoms with Crippen LogP contribution in [0.1, 0.15) is 44.1 Å². The quantitative estimate of drug-likeness (QED) is 0.759. The van der Waals surface area contributed by atoms with Crippen LogP contribution in [-0.4, -0.2) is 40.6 Å². The molecule has 6 nitrogen and oxygen atoms in total.